The van der Waals surface area contributed by atoms with Crippen molar-refractivity contribution >= 4 is 0 Å². The van der Waals surface area contributed by atoms with Gasteiger partial charge in [0, 0.05) is 18.8 Å². The van der Waals surface area contributed by atoms with Crippen molar-refractivity contribution in [3.05, 3.63) is 18.2 Å². The Kier molecular flexibility index (Phi) is 2.84. The highest BCUT2D eigenvalue weighted by atomic mass is 16.3. The van der Waals surface area contributed by atoms with Crippen molar-refractivity contribution in [3.8, 4) is 0 Å². The number of aromatic nitrogens is 2. The Balaban J connectivity index is 2.15. The van der Waals surface area contributed by atoms with Gasteiger partial charge in [0.25, 0.3) is 0 Å². The summed E-state index contributed by atoms with van der Waals surface area (Å²) in [6, 6.07) is 0.880. The lowest BCUT2D eigenvalue weighted by Crippen LogP contribution is -2.20. The molecule has 0 saturated heterocycles. The molecule has 0 spiro atoms. The van der Waals surface area contributed by atoms with Crippen LogP contribution in [0.5, 0.6) is 0 Å². The number of rotatable bonds is 5. The molecule has 4 nitrogen and oxygen atoms in total. The van der Waals surface area contributed by atoms with Gasteiger partial charge in [0.2, 0.25) is 0 Å². The van der Waals surface area contributed by atoms with Crippen LogP contribution in [-0.2, 0) is 0 Å². The molecule has 1 fully saturated rings. The zero-order chi connectivity index (χ0) is 9.97. The van der Waals surface area contributed by atoms with Gasteiger partial charge >= 0.3 is 0 Å². The van der Waals surface area contributed by atoms with E-state index in [0.717, 1.165) is 6.42 Å². The molecule has 0 aromatic carbocycles. The minimum absolute atomic E-state index is 0.210. The quantitative estimate of drug-likeness (QED) is 0.732. The lowest BCUT2D eigenvalue weighted by atomic mass is 10.1. The Hall–Kier alpha value is -0.870. The third-order valence-corrected chi connectivity index (χ3v) is 2.76. The van der Waals surface area contributed by atoms with Crippen LogP contribution in [0.25, 0.3) is 0 Å². The molecule has 2 rings (SSSR count). The van der Waals surface area contributed by atoms with Crippen LogP contribution in [-0.4, -0.2) is 28.3 Å². The Morgan fingerprint density at radius 3 is 3.07 bits per heavy atom. The molecule has 0 amide bonds. The van der Waals surface area contributed by atoms with Gasteiger partial charge in [-0.05, 0) is 26.3 Å². The first kappa shape index (κ1) is 9.68. The molecule has 1 aromatic heterocycles. The first-order valence-corrected chi connectivity index (χ1v) is 5.16. The van der Waals surface area contributed by atoms with Crippen molar-refractivity contribution in [1.29, 1.82) is 0 Å². The highest BCUT2D eigenvalue weighted by Gasteiger charge is 2.27. The summed E-state index contributed by atoms with van der Waals surface area (Å²) in [5, 5.41) is 12.1. The van der Waals surface area contributed by atoms with Gasteiger partial charge in [-0.15, -0.1) is 0 Å². The maximum Gasteiger partial charge on any atom is 0.0951 e. The Bertz CT molecular complexity index is 293. The number of hydrogen-bond donors (Lipinski definition) is 2. The summed E-state index contributed by atoms with van der Waals surface area (Å²) in [5.41, 5.74) is 1.20. The normalized spacial score (nSPS) is 18.4. The Morgan fingerprint density at radius 2 is 2.50 bits per heavy atom. The van der Waals surface area contributed by atoms with Crippen molar-refractivity contribution in [2.45, 2.75) is 31.3 Å². The van der Waals surface area contributed by atoms with E-state index < -0.39 is 0 Å². The second-order valence-electron chi connectivity index (χ2n) is 3.81. The van der Waals surface area contributed by atoms with E-state index in [2.05, 4.69) is 14.9 Å². The summed E-state index contributed by atoms with van der Waals surface area (Å²) < 4.78 is 2.23. The number of aliphatic hydroxyl groups excluding tert-OH is 1. The fourth-order valence-electron chi connectivity index (χ4n) is 1.81. The van der Waals surface area contributed by atoms with Crippen LogP contribution in [0.3, 0.4) is 0 Å². The van der Waals surface area contributed by atoms with E-state index in [4.69, 9.17) is 5.11 Å². The summed E-state index contributed by atoms with van der Waals surface area (Å²) in [6.07, 6.45) is 7.07. The lowest BCUT2D eigenvalue weighted by molar-refractivity contribution is 0.266. The van der Waals surface area contributed by atoms with Crippen LogP contribution in [0.1, 0.15) is 37.0 Å². The van der Waals surface area contributed by atoms with Crippen molar-refractivity contribution in [3.63, 3.8) is 0 Å². The topological polar surface area (TPSA) is 50.1 Å². The first-order valence-electron chi connectivity index (χ1n) is 5.16. The number of nitrogens with zero attached hydrogens (tertiary/aromatic N) is 2. The van der Waals surface area contributed by atoms with Crippen LogP contribution in [0, 0.1) is 0 Å². The molecule has 1 aliphatic rings. The molecule has 1 atom stereocenters. The first-order chi connectivity index (χ1) is 6.86. The van der Waals surface area contributed by atoms with Crippen LogP contribution in [0.4, 0.5) is 0 Å². The van der Waals surface area contributed by atoms with E-state index in [1.54, 1.807) is 0 Å². The smallest absolute Gasteiger partial charge is 0.0951 e. The summed E-state index contributed by atoms with van der Waals surface area (Å²) >= 11 is 0. The molecule has 1 saturated carbocycles. The number of imidazole rings is 1. The third kappa shape index (κ3) is 1.81. The Labute approximate surface area is 84.0 Å². The van der Waals surface area contributed by atoms with Gasteiger partial charge in [-0.1, -0.05) is 0 Å². The molecule has 1 aromatic rings. The van der Waals surface area contributed by atoms with Crippen LogP contribution >= 0.6 is 0 Å². The molecule has 78 valence electrons. The largest absolute Gasteiger partial charge is 0.396 e. The SMILES string of the molecule is CNC(CCO)c1cncn1C1CC1. The third-order valence-electron chi connectivity index (χ3n) is 2.76. The zero-order valence-electron chi connectivity index (χ0n) is 8.48. The molecular weight excluding hydrogens is 178 g/mol. The molecular formula is C10H17N3O. The van der Waals surface area contributed by atoms with E-state index in [0.29, 0.717) is 6.04 Å². The summed E-state index contributed by atoms with van der Waals surface area (Å²) in [6.45, 7) is 0.210. The van der Waals surface area contributed by atoms with Crippen LogP contribution < -0.4 is 5.32 Å². The molecule has 1 heterocycles. The van der Waals surface area contributed by atoms with Crippen molar-refractivity contribution in [1.82, 2.24) is 14.9 Å². The van der Waals surface area contributed by atoms with Gasteiger partial charge in [0.15, 0.2) is 0 Å². The molecule has 0 bridgehead atoms. The molecule has 1 aliphatic carbocycles. The number of nitrogens with one attached hydrogen (secondary N) is 1. The molecule has 2 N–H and O–H groups in total. The van der Waals surface area contributed by atoms with Gasteiger partial charge < -0.3 is 15.0 Å². The summed E-state index contributed by atoms with van der Waals surface area (Å²) in [7, 11) is 1.92. The molecule has 4 heteroatoms. The van der Waals surface area contributed by atoms with Gasteiger partial charge in [0.05, 0.1) is 18.1 Å². The standard InChI is InChI=1S/C10H17N3O/c1-11-9(4-5-14)10-6-12-7-13(10)8-2-3-8/h6-9,11,14H,2-5H2,1H3. The van der Waals surface area contributed by atoms with Crippen molar-refractivity contribution in [2.24, 2.45) is 0 Å². The zero-order valence-corrected chi connectivity index (χ0v) is 8.48. The summed E-state index contributed by atoms with van der Waals surface area (Å²) in [5.74, 6) is 0. The van der Waals surface area contributed by atoms with E-state index in [1.165, 1.54) is 18.5 Å². The molecule has 0 radical (unpaired) electrons. The average Bonchev–Trinajstić information content (AvgIpc) is 2.94. The van der Waals surface area contributed by atoms with Crippen molar-refractivity contribution < 1.29 is 5.11 Å². The van der Waals surface area contributed by atoms with Gasteiger partial charge in [-0.25, -0.2) is 4.98 Å². The number of hydrogen-bond acceptors (Lipinski definition) is 3. The highest BCUT2D eigenvalue weighted by molar-refractivity contribution is 5.08. The van der Waals surface area contributed by atoms with Crippen LogP contribution in [0.15, 0.2) is 12.5 Å². The van der Waals surface area contributed by atoms with E-state index in [9.17, 15) is 0 Å². The predicted molar refractivity (Wildman–Crippen MR) is 54.0 cm³/mol. The van der Waals surface area contributed by atoms with Gasteiger partial charge in [-0.2, -0.15) is 0 Å². The minimum atomic E-state index is 0.210. The van der Waals surface area contributed by atoms with E-state index >= 15 is 0 Å². The van der Waals surface area contributed by atoms with Gasteiger partial charge in [-0.3, -0.25) is 0 Å². The lowest BCUT2D eigenvalue weighted by Gasteiger charge is -2.16. The van der Waals surface area contributed by atoms with E-state index in [1.807, 2.05) is 19.6 Å². The Morgan fingerprint density at radius 1 is 1.71 bits per heavy atom. The maximum atomic E-state index is 8.94. The van der Waals surface area contributed by atoms with Crippen LogP contribution in [0.2, 0.25) is 0 Å². The monoisotopic (exact) mass is 195 g/mol. The fraction of sp³-hybridized carbons (Fsp3) is 0.700. The van der Waals surface area contributed by atoms with Gasteiger partial charge in [0.1, 0.15) is 0 Å². The minimum Gasteiger partial charge on any atom is -0.396 e. The maximum absolute atomic E-state index is 8.94. The molecule has 0 aliphatic heterocycles. The average molecular weight is 195 g/mol. The molecule has 14 heavy (non-hydrogen) atoms. The highest BCUT2D eigenvalue weighted by Crippen LogP contribution is 2.37. The summed E-state index contributed by atoms with van der Waals surface area (Å²) in [4.78, 5) is 4.18. The van der Waals surface area contributed by atoms with E-state index in [-0.39, 0.29) is 12.6 Å². The fourth-order valence-corrected chi connectivity index (χ4v) is 1.81. The van der Waals surface area contributed by atoms with Crippen molar-refractivity contribution in [2.75, 3.05) is 13.7 Å². The number of aliphatic hydroxyl groups is 1. The predicted octanol–water partition coefficient (Wildman–Crippen LogP) is 0.861. The molecule has 1 unspecified atom stereocenters. The second-order valence-corrected chi connectivity index (χ2v) is 3.81. The second kappa shape index (κ2) is 4.11.